The maximum absolute atomic E-state index is 11.3. The molecule has 0 atom stereocenters. The van der Waals surface area contributed by atoms with Crippen LogP contribution in [0.15, 0.2) is 24.3 Å². The minimum absolute atomic E-state index is 0. The molecular weight excluding hydrogens is 288 g/mol. The van der Waals surface area contributed by atoms with E-state index in [-0.39, 0.29) is 38.5 Å². The Morgan fingerprint density at radius 3 is 2.27 bits per heavy atom. The van der Waals surface area contributed by atoms with E-state index in [1.165, 1.54) is 23.9 Å². The standard InChI is InChI=1S/C9H10BO3S.Y/c1-14-6-9(11)7-2-4-8(5-3-7)10(12)13;/h2-5,12-13H,1,6H2;/q-1;. The third-order valence-electron chi connectivity index (χ3n) is 1.76. The van der Waals surface area contributed by atoms with Crippen molar-refractivity contribution in [2.24, 2.45) is 0 Å². The topological polar surface area (TPSA) is 57.5 Å². The Hall–Kier alpha value is 0.329. The number of thioether (sulfide) groups is 1. The molecular formula is C9H10BO3SY-. The summed E-state index contributed by atoms with van der Waals surface area (Å²) < 4.78 is 0. The Balaban J connectivity index is 0.00000196. The van der Waals surface area contributed by atoms with Gasteiger partial charge in [-0.2, -0.15) is 0 Å². The molecule has 0 spiro atoms. The summed E-state index contributed by atoms with van der Waals surface area (Å²) in [5.41, 5.74) is 0.939. The van der Waals surface area contributed by atoms with E-state index in [9.17, 15) is 4.79 Å². The van der Waals surface area contributed by atoms with Crippen LogP contribution in [-0.4, -0.2) is 28.7 Å². The van der Waals surface area contributed by atoms with E-state index in [4.69, 9.17) is 10.0 Å². The fourth-order valence-electron chi connectivity index (χ4n) is 1.02. The van der Waals surface area contributed by atoms with Crippen LogP contribution in [0.2, 0.25) is 0 Å². The summed E-state index contributed by atoms with van der Waals surface area (Å²) >= 11 is 1.22. The molecule has 0 aliphatic rings. The van der Waals surface area contributed by atoms with Gasteiger partial charge in [-0.05, 0) is 5.46 Å². The van der Waals surface area contributed by atoms with E-state index in [1.807, 2.05) is 0 Å². The van der Waals surface area contributed by atoms with Crippen molar-refractivity contribution in [1.82, 2.24) is 0 Å². The molecule has 77 valence electrons. The molecule has 0 unspecified atom stereocenters. The molecule has 0 aliphatic heterocycles. The van der Waals surface area contributed by atoms with Crippen molar-refractivity contribution in [3.63, 3.8) is 0 Å². The van der Waals surface area contributed by atoms with Gasteiger partial charge in [0.2, 0.25) is 0 Å². The van der Waals surface area contributed by atoms with E-state index >= 15 is 0 Å². The molecule has 2 N–H and O–H groups in total. The van der Waals surface area contributed by atoms with E-state index in [1.54, 1.807) is 12.1 Å². The summed E-state index contributed by atoms with van der Waals surface area (Å²) in [5, 5.41) is 17.6. The molecule has 1 radical (unpaired) electrons. The number of benzene rings is 1. The molecule has 0 amide bonds. The summed E-state index contributed by atoms with van der Waals surface area (Å²) in [7, 11) is -1.48. The smallest absolute Gasteiger partial charge is 0.423 e. The predicted octanol–water partition coefficient (Wildman–Crippen LogP) is 0.0714. The normalized spacial score (nSPS) is 9.27. The van der Waals surface area contributed by atoms with Gasteiger partial charge in [0.25, 0.3) is 0 Å². The van der Waals surface area contributed by atoms with Gasteiger partial charge >= 0.3 is 7.12 Å². The first-order valence-electron chi connectivity index (χ1n) is 4.01. The minimum atomic E-state index is -1.48. The molecule has 0 fully saturated rings. The van der Waals surface area contributed by atoms with Crippen LogP contribution < -0.4 is 5.46 Å². The van der Waals surface area contributed by atoms with E-state index in [0.717, 1.165) is 0 Å². The third kappa shape index (κ3) is 4.79. The average molecular weight is 298 g/mol. The fraction of sp³-hybridized carbons (Fsp3) is 0.111. The number of hydrogen-bond acceptors (Lipinski definition) is 4. The number of Topliss-reactive ketones (excluding diaryl/α,β-unsaturated/α-hetero) is 1. The fourth-order valence-corrected chi connectivity index (χ4v) is 1.37. The Kier molecular flexibility index (Phi) is 7.74. The number of rotatable bonds is 4. The maximum atomic E-state index is 11.3. The van der Waals surface area contributed by atoms with Gasteiger partial charge in [0.1, 0.15) is 0 Å². The van der Waals surface area contributed by atoms with Crippen LogP contribution in [-0.2, 0) is 32.7 Å². The first kappa shape index (κ1) is 15.3. The molecule has 0 bridgehead atoms. The number of ketones is 1. The molecule has 6 heteroatoms. The van der Waals surface area contributed by atoms with Gasteiger partial charge in [0.15, 0.2) is 5.78 Å². The minimum Gasteiger partial charge on any atom is -0.423 e. The molecule has 1 aromatic carbocycles. The van der Waals surface area contributed by atoms with Gasteiger partial charge in [-0.15, -0.1) is 0 Å². The van der Waals surface area contributed by atoms with Crippen LogP contribution in [0.4, 0.5) is 0 Å². The van der Waals surface area contributed by atoms with Gasteiger partial charge in [-0.3, -0.25) is 11.1 Å². The van der Waals surface area contributed by atoms with Crippen molar-refractivity contribution in [2.75, 3.05) is 5.75 Å². The molecule has 1 rings (SSSR count). The summed E-state index contributed by atoms with van der Waals surface area (Å²) in [4.78, 5) is 11.3. The van der Waals surface area contributed by atoms with Gasteiger partial charge < -0.3 is 21.8 Å². The predicted molar refractivity (Wildman–Crippen MR) is 58.4 cm³/mol. The van der Waals surface area contributed by atoms with Crippen LogP contribution in [0.25, 0.3) is 0 Å². The second-order valence-electron chi connectivity index (χ2n) is 2.77. The maximum Gasteiger partial charge on any atom is 0.488 e. The van der Waals surface area contributed by atoms with Crippen LogP contribution in [0.1, 0.15) is 10.4 Å². The average Bonchev–Trinajstić information content (AvgIpc) is 2.18. The van der Waals surface area contributed by atoms with Gasteiger partial charge in [-0.1, -0.05) is 24.3 Å². The molecule has 1 aromatic rings. The Morgan fingerprint density at radius 1 is 1.33 bits per heavy atom. The quantitative estimate of drug-likeness (QED) is 0.469. The van der Waals surface area contributed by atoms with Gasteiger partial charge in [0, 0.05) is 44.0 Å². The third-order valence-corrected chi connectivity index (χ3v) is 2.23. The zero-order valence-electron chi connectivity index (χ0n) is 8.09. The van der Waals surface area contributed by atoms with E-state index in [0.29, 0.717) is 16.8 Å². The SMILES string of the molecule is [CH2-]SCC(=O)c1ccc(B(O)O)cc1.[Y]. The molecule has 0 heterocycles. The van der Waals surface area contributed by atoms with E-state index < -0.39 is 7.12 Å². The van der Waals surface area contributed by atoms with Crippen LogP contribution in [0.5, 0.6) is 0 Å². The molecule has 15 heavy (non-hydrogen) atoms. The van der Waals surface area contributed by atoms with Crippen molar-refractivity contribution in [3.8, 4) is 0 Å². The van der Waals surface area contributed by atoms with Crippen molar-refractivity contribution >= 4 is 30.1 Å². The number of carbonyl (C=O) groups excluding carboxylic acids is 1. The zero-order valence-corrected chi connectivity index (χ0v) is 11.7. The summed E-state index contributed by atoms with van der Waals surface area (Å²) in [6, 6.07) is 6.19. The van der Waals surface area contributed by atoms with Crippen molar-refractivity contribution in [1.29, 1.82) is 0 Å². The molecule has 0 aliphatic carbocycles. The van der Waals surface area contributed by atoms with Gasteiger partial charge in [0.05, 0.1) is 0 Å². The van der Waals surface area contributed by atoms with Crippen LogP contribution in [0, 0.1) is 6.26 Å². The monoisotopic (exact) mass is 298 g/mol. The molecule has 3 nitrogen and oxygen atoms in total. The van der Waals surface area contributed by atoms with Gasteiger partial charge in [-0.25, -0.2) is 0 Å². The number of carbonyl (C=O) groups is 1. The Labute approximate surface area is 119 Å². The zero-order chi connectivity index (χ0) is 10.6. The Bertz CT molecular complexity index is 316. The van der Waals surface area contributed by atoms with Crippen molar-refractivity contribution < 1.29 is 47.6 Å². The number of hydrogen-bond donors (Lipinski definition) is 2. The molecule has 0 aromatic heterocycles. The summed E-state index contributed by atoms with van der Waals surface area (Å²) in [5.74, 6) is 0.324. The van der Waals surface area contributed by atoms with Crippen LogP contribution in [0.3, 0.4) is 0 Å². The first-order chi connectivity index (χ1) is 6.65. The first-order valence-corrected chi connectivity index (χ1v) is 5.17. The second-order valence-corrected chi connectivity index (χ2v) is 3.46. The van der Waals surface area contributed by atoms with Crippen molar-refractivity contribution in [3.05, 3.63) is 36.1 Å². The molecule has 0 saturated heterocycles. The van der Waals surface area contributed by atoms with E-state index in [2.05, 4.69) is 6.26 Å². The summed E-state index contributed by atoms with van der Waals surface area (Å²) in [6.45, 7) is 0. The van der Waals surface area contributed by atoms with Crippen molar-refractivity contribution in [2.45, 2.75) is 0 Å². The van der Waals surface area contributed by atoms with Crippen LogP contribution >= 0.6 is 11.8 Å². The second kappa shape index (κ2) is 7.58. The molecule has 0 saturated carbocycles. The summed E-state index contributed by atoms with van der Waals surface area (Å²) in [6.07, 6.45) is 3.51. The largest absolute Gasteiger partial charge is 0.488 e. The Morgan fingerprint density at radius 2 is 1.87 bits per heavy atom.